The number of alkyl halides is 3. The lowest BCUT2D eigenvalue weighted by Gasteiger charge is -2.46. The Morgan fingerprint density at radius 3 is 2.52 bits per heavy atom. The van der Waals surface area contributed by atoms with E-state index in [1.807, 2.05) is 6.07 Å². The molecule has 1 fully saturated rings. The Labute approximate surface area is 235 Å². The fourth-order valence-corrected chi connectivity index (χ4v) is 6.05. The third-order valence-electron chi connectivity index (χ3n) is 8.61. The van der Waals surface area contributed by atoms with Gasteiger partial charge in [0, 0.05) is 35.7 Å². The van der Waals surface area contributed by atoms with Crippen LogP contribution in [0.5, 0.6) is 0 Å². The number of fused-ring (bicyclic) bond motifs is 1. The SMILES string of the molecule is CCCC(C)CC(NC1CC1)[N+](C)(C)CC1c2ccc(C(=O)O)cc2NC(Nc2cccc(C(F)(F)F)c2)C1C. The van der Waals surface area contributed by atoms with Crippen molar-refractivity contribution in [3.8, 4) is 0 Å². The summed E-state index contributed by atoms with van der Waals surface area (Å²) in [6.07, 6.45) is 1.24. The smallest absolute Gasteiger partial charge is 0.416 e. The summed E-state index contributed by atoms with van der Waals surface area (Å²) in [4.78, 5) is 11.8. The molecule has 4 N–H and O–H groups in total. The highest BCUT2D eigenvalue weighted by Crippen LogP contribution is 2.41. The van der Waals surface area contributed by atoms with Gasteiger partial charge in [0.15, 0.2) is 0 Å². The molecule has 0 saturated heterocycles. The highest BCUT2D eigenvalue weighted by molar-refractivity contribution is 5.89. The van der Waals surface area contributed by atoms with Crippen LogP contribution in [0.25, 0.3) is 0 Å². The van der Waals surface area contributed by atoms with Crippen molar-refractivity contribution in [1.29, 1.82) is 0 Å². The molecule has 1 aliphatic carbocycles. The average Bonchev–Trinajstić information content (AvgIpc) is 3.70. The van der Waals surface area contributed by atoms with E-state index in [1.165, 1.54) is 25.3 Å². The molecule has 0 bridgehead atoms. The van der Waals surface area contributed by atoms with Crippen LogP contribution in [0, 0.1) is 11.8 Å². The van der Waals surface area contributed by atoms with Gasteiger partial charge in [-0.1, -0.05) is 45.7 Å². The van der Waals surface area contributed by atoms with Gasteiger partial charge in [-0.25, -0.2) is 4.79 Å². The number of rotatable bonds is 12. The fourth-order valence-electron chi connectivity index (χ4n) is 6.05. The van der Waals surface area contributed by atoms with E-state index in [0.29, 0.717) is 23.3 Å². The monoisotopic (exact) mass is 561 g/mol. The van der Waals surface area contributed by atoms with Crippen molar-refractivity contribution in [3.05, 3.63) is 59.2 Å². The molecule has 220 valence electrons. The number of hydrogen-bond acceptors (Lipinski definition) is 4. The molecule has 0 amide bonds. The number of nitrogens with one attached hydrogen (secondary N) is 3. The van der Waals surface area contributed by atoms with Crippen LogP contribution in [0.3, 0.4) is 0 Å². The summed E-state index contributed by atoms with van der Waals surface area (Å²) >= 11 is 0. The van der Waals surface area contributed by atoms with Crippen LogP contribution >= 0.6 is 0 Å². The van der Waals surface area contributed by atoms with Gasteiger partial charge in [-0.3, -0.25) is 5.32 Å². The summed E-state index contributed by atoms with van der Waals surface area (Å²) in [6.45, 7) is 7.44. The maximum atomic E-state index is 13.4. The molecule has 2 aromatic carbocycles. The first-order chi connectivity index (χ1) is 18.8. The second kappa shape index (κ2) is 12.0. The van der Waals surface area contributed by atoms with Gasteiger partial charge in [0.2, 0.25) is 0 Å². The minimum atomic E-state index is -4.44. The van der Waals surface area contributed by atoms with E-state index in [2.05, 4.69) is 50.8 Å². The van der Waals surface area contributed by atoms with Crippen molar-refractivity contribution in [2.45, 2.75) is 83.3 Å². The average molecular weight is 562 g/mol. The number of likely N-dealkylation sites (N-methyl/N-ethyl adjacent to an activating group) is 1. The number of anilines is 2. The van der Waals surface area contributed by atoms with Crippen LogP contribution < -0.4 is 16.0 Å². The first-order valence-electron chi connectivity index (χ1n) is 14.4. The molecule has 2 aliphatic rings. The Bertz CT molecular complexity index is 1180. The van der Waals surface area contributed by atoms with Crippen LogP contribution in [0.4, 0.5) is 24.5 Å². The Balaban J connectivity index is 1.65. The number of carbonyl (C=O) groups is 1. The van der Waals surface area contributed by atoms with E-state index >= 15 is 0 Å². The molecular formula is C31H44F3N4O2+. The second-order valence-electron chi connectivity index (χ2n) is 12.5. The van der Waals surface area contributed by atoms with Crippen molar-refractivity contribution in [1.82, 2.24) is 5.32 Å². The van der Waals surface area contributed by atoms with Gasteiger partial charge in [-0.15, -0.1) is 0 Å². The molecule has 0 spiro atoms. The summed E-state index contributed by atoms with van der Waals surface area (Å²) in [5, 5.41) is 20.2. The summed E-state index contributed by atoms with van der Waals surface area (Å²) in [7, 11) is 4.52. The van der Waals surface area contributed by atoms with Crippen molar-refractivity contribution in [3.63, 3.8) is 0 Å². The number of aromatic carboxylic acids is 1. The predicted molar refractivity (Wildman–Crippen MR) is 153 cm³/mol. The highest BCUT2D eigenvalue weighted by atomic mass is 19.4. The molecule has 9 heteroatoms. The van der Waals surface area contributed by atoms with E-state index in [0.717, 1.165) is 41.6 Å². The van der Waals surface area contributed by atoms with Gasteiger partial charge in [-0.2, -0.15) is 13.2 Å². The molecule has 1 saturated carbocycles. The van der Waals surface area contributed by atoms with Crippen LogP contribution in [0.1, 0.15) is 80.3 Å². The van der Waals surface area contributed by atoms with Gasteiger partial charge in [-0.05, 0) is 54.7 Å². The number of hydrogen-bond donors (Lipinski definition) is 4. The lowest BCUT2D eigenvalue weighted by atomic mass is 9.79. The summed E-state index contributed by atoms with van der Waals surface area (Å²) in [6, 6.07) is 11.0. The maximum Gasteiger partial charge on any atom is 0.416 e. The molecule has 5 unspecified atom stereocenters. The van der Waals surface area contributed by atoms with Crippen LogP contribution in [-0.2, 0) is 6.18 Å². The zero-order valence-corrected chi connectivity index (χ0v) is 24.2. The standard InChI is InChI=1S/C31H43F3N4O2/c1-6-8-19(2)15-28(35-23-12-13-23)38(4,5)18-26-20(3)29(36-24-10-7-9-22(17-24)31(32,33)34)37-27-16-21(30(39)40)11-14-25(26)27/h7,9-11,14,16-17,19-20,23,26,28-29,35-37H,6,8,12-13,15,18H2,1-5H3/p+1. The first kappa shape index (κ1) is 30.2. The lowest BCUT2D eigenvalue weighted by Crippen LogP contribution is -2.60. The number of nitrogens with zero attached hydrogens (tertiary/aromatic N) is 1. The van der Waals surface area contributed by atoms with E-state index in [1.54, 1.807) is 18.2 Å². The Hall–Kier alpha value is -2.78. The van der Waals surface area contributed by atoms with Crippen LogP contribution in [0.15, 0.2) is 42.5 Å². The number of quaternary nitrogens is 1. The topological polar surface area (TPSA) is 73.4 Å². The van der Waals surface area contributed by atoms with Crippen molar-refractivity contribution in [2.24, 2.45) is 11.8 Å². The van der Waals surface area contributed by atoms with Crippen molar-refractivity contribution in [2.75, 3.05) is 31.3 Å². The Morgan fingerprint density at radius 2 is 1.90 bits per heavy atom. The minimum Gasteiger partial charge on any atom is -0.478 e. The maximum absolute atomic E-state index is 13.4. The van der Waals surface area contributed by atoms with E-state index in [-0.39, 0.29) is 29.7 Å². The lowest BCUT2D eigenvalue weighted by molar-refractivity contribution is -0.921. The van der Waals surface area contributed by atoms with Gasteiger partial charge >= 0.3 is 12.1 Å². The van der Waals surface area contributed by atoms with E-state index in [4.69, 9.17) is 0 Å². The molecule has 0 aromatic heterocycles. The molecule has 2 aromatic rings. The first-order valence-corrected chi connectivity index (χ1v) is 14.4. The predicted octanol–water partition coefficient (Wildman–Crippen LogP) is 6.97. The summed E-state index contributed by atoms with van der Waals surface area (Å²) < 4.78 is 40.9. The van der Waals surface area contributed by atoms with Gasteiger partial charge in [0.05, 0.1) is 37.9 Å². The third-order valence-corrected chi connectivity index (χ3v) is 8.61. The number of carboxylic acid groups (broad SMARTS) is 1. The fraction of sp³-hybridized carbons (Fsp3) is 0.581. The Morgan fingerprint density at radius 1 is 1.18 bits per heavy atom. The molecular weight excluding hydrogens is 517 g/mol. The van der Waals surface area contributed by atoms with E-state index in [9.17, 15) is 23.1 Å². The quantitative estimate of drug-likeness (QED) is 0.166. The molecule has 6 nitrogen and oxygen atoms in total. The zero-order valence-electron chi connectivity index (χ0n) is 24.2. The third kappa shape index (κ3) is 7.29. The molecule has 40 heavy (non-hydrogen) atoms. The Kier molecular flexibility index (Phi) is 9.05. The highest BCUT2D eigenvalue weighted by Gasteiger charge is 2.42. The van der Waals surface area contributed by atoms with Crippen molar-refractivity contribution < 1.29 is 27.6 Å². The number of halogens is 3. The molecule has 1 heterocycles. The normalized spacial score (nSPS) is 22.6. The molecule has 4 rings (SSSR count). The zero-order chi connectivity index (χ0) is 29.2. The minimum absolute atomic E-state index is 0.00441. The van der Waals surface area contributed by atoms with Gasteiger partial charge in [0.1, 0.15) is 6.17 Å². The molecule has 5 atom stereocenters. The number of benzene rings is 2. The van der Waals surface area contributed by atoms with Gasteiger partial charge in [0.25, 0.3) is 0 Å². The summed E-state index contributed by atoms with van der Waals surface area (Å²) in [5.74, 6) is -0.381. The summed E-state index contributed by atoms with van der Waals surface area (Å²) in [5.41, 5.74) is 1.58. The van der Waals surface area contributed by atoms with Gasteiger partial charge < -0.3 is 20.2 Å². The largest absolute Gasteiger partial charge is 0.478 e. The van der Waals surface area contributed by atoms with Crippen LogP contribution in [-0.4, -0.2) is 54.6 Å². The number of carboxylic acids is 1. The van der Waals surface area contributed by atoms with Crippen molar-refractivity contribution >= 4 is 17.3 Å². The second-order valence-corrected chi connectivity index (χ2v) is 12.5. The van der Waals surface area contributed by atoms with Crippen LogP contribution in [0.2, 0.25) is 0 Å². The molecule has 1 aliphatic heterocycles. The molecule has 0 radical (unpaired) electrons. The van der Waals surface area contributed by atoms with E-state index < -0.39 is 17.7 Å².